The average Bonchev–Trinajstić information content (AvgIpc) is 2.55. The molecular weight excluding hydrogens is 260 g/mol. The summed E-state index contributed by atoms with van der Waals surface area (Å²) < 4.78 is 5.52. The van der Waals surface area contributed by atoms with Crippen molar-refractivity contribution in [1.29, 1.82) is 0 Å². The van der Waals surface area contributed by atoms with Gasteiger partial charge in [0.05, 0.1) is 6.10 Å². The van der Waals surface area contributed by atoms with Crippen molar-refractivity contribution < 1.29 is 4.74 Å². The molecule has 3 atom stereocenters. The number of benzene rings is 1. The monoisotopic (exact) mass is 288 g/mol. The topological polar surface area (TPSA) is 15.7 Å². The van der Waals surface area contributed by atoms with E-state index >= 15 is 0 Å². The Kier molecular flexibility index (Phi) is 4.94. The van der Waals surface area contributed by atoms with Crippen LogP contribution in [0.2, 0.25) is 0 Å². The van der Waals surface area contributed by atoms with Crippen molar-refractivity contribution in [3.63, 3.8) is 0 Å². The lowest BCUT2D eigenvalue weighted by atomic mass is 9.93. The normalized spacial score (nSPS) is 29.0. The van der Waals surface area contributed by atoms with Crippen molar-refractivity contribution in [2.75, 3.05) is 33.3 Å². The summed E-state index contributed by atoms with van der Waals surface area (Å²) in [6, 6.07) is 12.3. The van der Waals surface area contributed by atoms with Gasteiger partial charge in [-0.1, -0.05) is 36.8 Å². The van der Waals surface area contributed by atoms with Crippen molar-refractivity contribution >= 4 is 0 Å². The van der Waals surface area contributed by atoms with Crippen LogP contribution in [0.25, 0.3) is 0 Å². The third-order valence-corrected chi connectivity index (χ3v) is 5.12. The summed E-state index contributed by atoms with van der Waals surface area (Å²) in [4.78, 5) is 5.37. The first kappa shape index (κ1) is 15.0. The van der Waals surface area contributed by atoms with E-state index in [-0.39, 0.29) is 0 Å². The van der Waals surface area contributed by atoms with Gasteiger partial charge in [0.2, 0.25) is 0 Å². The van der Waals surface area contributed by atoms with Gasteiger partial charge in [-0.25, -0.2) is 0 Å². The van der Waals surface area contributed by atoms with Crippen LogP contribution in [0.3, 0.4) is 0 Å². The number of nitrogens with zero attached hydrogens (tertiary/aromatic N) is 2. The summed E-state index contributed by atoms with van der Waals surface area (Å²) in [5, 5.41) is 0. The van der Waals surface area contributed by atoms with E-state index in [1.807, 2.05) is 7.11 Å². The molecular formula is C18H28N2O. The summed E-state index contributed by atoms with van der Waals surface area (Å²) in [5.74, 6) is 0. The van der Waals surface area contributed by atoms with Crippen LogP contribution in [0.1, 0.15) is 37.8 Å². The van der Waals surface area contributed by atoms with Crippen molar-refractivity contribution in [3.05, 3.63) is 35.9 Å². The number of methoxy groups -OCH3 is 1. The fourth-order valence-corrected chi connectivity index (χ4v) is 3.84. The van der Waals surface area contributed by atoms with Crippen molar-refractivity contribution in [1.82, 2.24) is 9.80 Å². The Balaban J connectivity index is 1.79. The molecule has 0 spiro atoms. The van der Waals surface area contributed by atoms with E-state index in [1.54, 1.807) is 0 Å². The Hall–Kier alpha value is -0.900. The minimum Gasteiger partial charge on any atom is -0.380 e. The molecule has 1 aromatic carbocycles. The standard InChI is InChI=1S/C18H28N2O/c1-15(21-2)12-20-13-17-10-6-7-11-19(17)14-18(20)16-8-4-3-5-9-16/h3-5,8-9,15,17-18H,6-7,10-14H2,1-2H3. The predicted molar refractivity (Wildman–Crippen MR) is 86.4 cm³/mol. The third-order valence-electron chi connectivity index (χ3n) is 5.12. The van der Waals surface area contributed by atoms with Crippen LogP contribution < -0.4 is 0 Å². The lowest BCUT2D eigenvalue weighted by Gasteiger charge is -2.49. The highest BCUT2D eigenvalue weighted by Crippen LogP contribution is 2.32. The number of piperazine rings is 1. The maximum atomic E-state index is 5.52. The van der Waals surface area contributed by atoms with Gasteiger partial charge in [0.1, 0.15) is 0 Å². The van der Waals surface area contributed by atoms with Crippen LogP contribution in [0.5, 0.6) is 0 Å². The summed E-state index contributed by atoms with van der Waals surface area (Å²) >= 11 is 0. The Labute approximate surface area is 128 Å². The molecule has 2 aliphatic rings. The number of piperidine rings is 1. The Bertz CT molecular complexity index is 436. The van der Waals surface area contributed by atoms with Crippen LogP contribution in [0, 0.1) is 0 Å². The predicted octanol–water partition coefficient (Wildman–Crippen LogP) is 2.93. The van der Waals surface area contributed by atoms with E-state index in [0.29, 0.717) is 12.1 Å². The fourth-order valence-electron chi connectivity index (χ4n) is 3.84. The van der Waals surface area contributed by atoms with E-state index in [2.05, 4.69) is 47.1 Å². The second kappa shape index (κ2) is 6.91. The highest BCUT2D eigenvalue weighted by atomic mass is 16.5. The molecule has 3 nitrogen and oxygen atoms in total. The minimum absolute atomic E-state index is 0.298. The molecule has 2 fully saturated rings. The van der Waals surface area contributed by atoms with E-state index in [1.165, 1.54) is 44.5 Å². The Morgan fingerprint density at radius 3 is 2.76 bits per heavy atom. The lowest BCUT2D eigenvalue weighted by molar-refractivity contribution is -0.0190. The molecule has 1 aromatic rings. The molecule has 0 saturated carbocycles. The number of rotatable bonds is 4. The molecule has 21 heavy (non-hydrogen) atoms. The van der Waals surface area contributed by atoms with Gasteiger partial charge in [-0.2, -0.15) is 0 Å². The molecule has 0 amide bonds. The SMILES string of the molecule is COC(C)CN1CC2CCCCN2CC1c1ccccc1. The summed E-state index contributed by atoms with van der Waals surface area (Å²) in [5.41, 5.74) is 1.45. The summed E-state index contributed by atoms with van der Waals surface area (Å²) in [6.45, 7) is 6.84. The largest absolute Gasteiger partial charge is 0.380 e. The molecule has 0 aromatic heterocycles. The molecule has 2 heterocycles. The molecule has 3 heteroatoms. The van der Waals surface area contributed by atoms with E-state index in [4.69, 9.17) is 4.74 Å². The van der Waals surface area contributed by atoms with Gasteiger partial charge in [0.25, 0.3) is 0 Å². The maximum Gasteiger partial charge on any atom is 0.0670 e. The molecule has 116 valence electrons. The molecule has 3 rings (SSSR count). The zero-order valence-electron chi connectivity index (χ0n) is 13.4. The zero-order valence-corrected chi connectivity index (χ0v) is 13.4. The molecule has 2 aliphatic heterocycles. The van der Waals surface area contributed by atoms with Crippen molar-refractivity contribution in [2.45, 2.75) is 44.4 Å². The first-order chi connectivity index (χ1) is 10.3. The molecule has 3 unspecified atom stereocenters. The van der Waals surface area contributed by atoms with Gasteiger partial charge < -0.3 is 4.74 Å². The smallest absolute Gasteiger partial charge is 0.0670 e. The molecule has 0 aliphatic carbocycles. The first-order valence-corrected chi connectivity index (χ1v) is 8.33. The number of hydrogen-bond acceptors (Lipinski definition) is 3. The zero-order chi connectivity index (χ0) is 14.7. The van der Waals surface area contributed by atoms with Crippen molar-refractivity contribution in [2.24, 2.45) is 0 Å². The van der Waals surface area contributed by atoms with E-state index in [9.17, 15) is 0 Å². The van der Waals surface area contributed by atoms with Gasteiger partial charge >= 0.3 is 0 Å². The van der Waals surface area contributed by atoms with Crippen LogP contribution in [-0.2, 0) is 4.74 Å². The van der Waals surface area contributed by atoms with Crippen molar-refractivity contribution in [3.8, 4) is 0 Å². The highest BCUT2D eigenvalue weighted by Gasteiger charge is 2.35. The maximum absolute atomic E-state index is 5.52. The van der Waals surface area contributed by atoms with Crippen LogP contribution in [-0.4, -0.2) is 55.2 Å². The van der Waals surface area contributed by atoms with Crippen LogP contribution in [0.4, 0.5) is 0 Å². The Morgan fingerprint density at radius 1 is 1.19 bits per heavy atom. The quantitative estimate of drug-likeness (QED) is 0.847. The van der Waals surface area contributed by atoms with E-state index in [0.717, 1.165) is 12.6 Å². The fraction of sp³-hybridized carbons (Fsp3) is 0.667. The second-order valence-electron chi connectivity index (χ2n) is 6.57. The lowest BCUT2D eigenvalue weighted by Crippen LogP contribution is -2.57. The van der Waals surface area contributed by atoms with Gasteiger partial charge in [-0.3, -0.25) is 9.80 Å². The minimum atomic E-state index is 0.298. The van der Waals surface area contributed by atoms with Gasteiger partial charge in [-0.05, 0) is 31.9 Å². The third kappa shape index (κ3) is 3.47. The van der Waals surface area contributed by atoms with E-state index < -0.39 is 0 Å². The van der Waals surface area contributed by atoms with Gasteiger partial charge in [-0.15, -0.1) is 0 Å². The number of ether oxygens (including phenoxy) is 1. The van der Waals surface area contributed by atoms with Crippen LogP contribution >= 0.6 is 0 Å². The summed E-state index contributed by atoms with van der Waals surface area (Å²) in [6.07, 6.45) is 4.42. The molecule has 2 saturated heterocycles. The summed E-state index contributed by atoms with van der Waals surface area (Å²) in [7, 11) is 1.82. The van der Waals surface area contributed by atoms with Gasteiger partial charge in [0, 0.05) is 38.8 Å². The number of fused-ring (bicyclic) bond motifs is 1. The van der Waals surface area contributed by atoms with Crippen LogP contribution in [0.15, 0.2) is 30.3 Å². The highest BCUT2D eigenvalue weighted by molar-refractivity contribution is 5.20. The Morgan fingerprint density at radius 2 is 2.00 bits per heavy atom. The molecule has 0 N–H and O–H groups in total. The number of hydrogen-bond donors (Lipinski definition) is 0. The molecule has 0 bridgehead atoms. The first-order valence-electron chi connectivity index (χ1n) is 8.33. The average molecular weight is 288 g/mol. The second-order valence-corrected chi connectivity index (χ2v) is 6.57. The van der Waals surface area contributed by atoms with Gasteiger partial charge in [0.15, 0.2) is 0 Å². The molecule has 0 radical (unpaired) electrons.